The Morgan fingerprint density at radius 2 is 1.84 bits per heavy atom. The number of benzene rings is 1. The molecule has 0 atom stereocenters. The van der Waals surface area contributed by atoms with Crippen molar-refractivity contribution in [2.75, 3.05) is 29.5 Å². The zero-order valence-corrected chi connectivity index (χ0v) is 11.9. The minimum Gasteiger partial charge on any atom is -0.370 e. The Hall–Kier alpha value is -1.36. The minimum absolute atomic E-state index is 0.130. The number of anilines is 1. The number of rotatable bonds is 3. The largest absolute Gasteiger partial charge is 0.370 e. The molecule has 2 rings (SSSR count). The van der Waals surface area contributed by atoms with Gasteiger partial charge in [0.1, 0.15) is 0 Å². The Bertz CT molecular complexity index is 549. The number of hydrogen-bond acceptors (Lipinski definition) is 4. The van der Waals surface area contributed by atoms with E-state index < -0.39 is 9.84 Å². The SMILES string of the molecule is CCC(=O)c1ccc(N2CCCS(=O)(=O)CC2)cc1. The zero-order chi connectivity index (χ0) is 13.9. The Kier molecular flexibility index (Phi) is 4.24. The van der Waals surface area contributed by atoms with Gasteiger partial charge in [0.2, 0.25) is 0 Å². The van der Waals surface area contributed by atoms with Gasteiger partial charge in [0.15, 0.2) is 15.6 Å². The molecule has 1 aliphatic rings. The molecule has 1 aromatic carbocycles. The summed E-state index contributed by atoms with van der Waals surface area (Å²) >= 11 is 0. The first-order valence-electron chi connectivity index (χ1n) is 6.60. The lowest BCUT2D eigenvalue weighted by Gasteiger charge is -2.22. The van der Waals surface area contributed by atoms with E-state index in [9.17, 15) is 13.2 Å². The van der Waals surface area contributed by atoms with Gasteiger partial charge in [-0.25, -0.2) is 8.42 Å². The van der Waals surface area contributed by atoms with E-state index in [0.29, 0.717) is 24.9 Å². The summed E-state index contributed by atoms with van der Waals surface area (Å²) in [7, 11) is -2.88. The molecule has 0 unspecified atom stereocenters. The Balaban J connectivity index is 2.12. The second kappa shape index (κ2) is 5.74. The number of sulfone groups is 1. The standard InChI is InChI=1S/C14H19NO3S/c1-2-14(16)12-4-6-13(7-5-12)15-8-3-10-19(17,18)11-9-15/h4-7H,2-3,8-11H2,1H3. The number of nitrogens with zero attached hydrogens (tertiary/aromatic N) is 1. The van der Waals surface area contributed by atoms with Crippen molar-refractivity contribution in [1.82, 2.24) is 0 Å². The number of carbonyl (C=O) groups is 1. The molecule has 0 bridgehead atoms. The van der Waals surface area contributed by atoms with Crippen LogP contribution in [0.5, 0.6) is 0 Å². The quantitative estimate of drug-likeness (QED) is 0.794. The average Bonchev–Trinajstić information content (AvgIpc) is 2.59. The van der Waals surface area contributed by atoms with Crippen molar-refractivity contribution in [3.63, 3.8) is 0 Å². The van der Waals surface area contributed by atoms with E-state index in [-0.39, 0.29) is 17.3 Å². The normalized spacial score (nSPS) is 18.9. The van der Waals surface area contributed by atoms with Crippen LogP contribution in [0.4, 0.5) is 5.69 Å². The van der Waals surface area contributed by atoms with E-state index in [2.05, 4.69) is 4.90 Å². The van der Waals surface area contributed by atoms with E-state index in [1.54, 1.807) is 0 Å². The summed E-state index contributed by atoms with van der Waals surface area (Å²) < 4.78 is 23.1. The second-order valence-corrected chi connectivity index (χ2v) is 7.12. The highest BCUT2D eigenvalue weighted by Gasteiger charge is 2.19. The molecule has 0 aliphatic carbocycles. The highest BCUT2D eigenvalue weighted by atomic mass is 32.2. The van der Waals surface area contributed by atoms with Crippen LogP contribution in [0.2, 0.25) is 0 Å². The van der Waals surface area contributed by atoms with Gasteiger partial charge in [-0.05, 0) is 30.7 Å². The Morgan fingerprint density at radius 1 is 1.16 bits per heavy atom. The van der Waals surface area contributed by atoms with Crippen LogP contribution >= 0.6 is 0 Å². The van der Waals surface area contributed by atoms with Crippen LogP contribution in [0.3, 0.4) is 0 Å². The summed E-state index contributed by atoms with van der Waals surface area (Å²) in [4.78, 5) is 13.6. The summed E-state index contributed by atoms with van der Waals surface area (Å²) in [5.41, 5.74) is 1.71. The van der Waals surface area contributed by atoms with Crippen LogP contribution in [0.15, 0.2) is 24.3 Å². The zero-order valence-electron chi connectivity index (χ0n) is 11.1. The van der Waals surface area contributed by atoms with Crippen molar-refractivity contribution in [3.05, 3.63) is 29.8 Å². The van der Waals surface area contributed by atoms with Crippen LogP contribution in [-0.2, 0) is 9.84 Å². The highest BCUT2D eigenvalue weighted by Crippen LogP contribution is 2.18. The Labute approximate surface area is 114 Å². The van der Waals surface area contributed by atoms with Crippen LogP contribution in [-0.4, -0.2) is 38.8 Å². The van der Waals surface area contributed by atoms with E-state index >= 15 is 0 Å². The molecule has 1 aliphatic heterocycles. The number of hydrogen-bond donors (Lipinski definition) is 0. The molecular weight excluding hydrogens is 262 g/mol. The third kappa shape index (κ3) is 3.56. The van der Waals surface area contributed by atoms with Crippen LogP contribution in [0, 0.1) is 0 Å². The number of Topliss-reactive ketones (excluding diaryl/α,β-unsaturated/α-hetero) is 1. The van der Waals surface area contributed by atoms with Crippen molar-refractivity contribution in [1.29, 1.82) is 0 Å². The number of ketones is 1. The number of carbonyl (C=O) groups excluding carboxylic acids is 1. The van der Waals surface area contributed by atoms with E-state index in [0.717, 1.165) is 12.2 Å². The monoisotopic (exact) mass is 281 g/mol. The van der Waals surface area contributed by atoms with Gasteiger partial charge < -0.3 is 4.90 Å². The first-order valence-corrected chi connectivity index (χ1v) is 8.42. The maximum Gasteiger partial charge on any atom is 0.162 e. The van der Waals surface area contributed by atoms with Gasteiger partial charge >= 0.3 is 0 Å². The van der Waals surface area contributed by atoms with E-state index in [1.807, 2.05) is 31.2 Å². The van der Waals surface area contributed by atoms with E-state index in [1.165, 1.54) is 0 Å². The average molecular weight is 281 g/mol. The molecule has 0 saturated carbocycles. The summed E-state index contributed by atoms with van der Waals surface area (Å²) in [6, 6.07) is 7.45. The molecule has 1 aromatic rings. The molecule has 0 N–H and O–H groups in total. The molecule has 0 aromatic heterocycles. The first-order chi connectivity index (χ1) is 9.02. The summed E-state index contributed by atoms with van der Waals surface area (Å²) in [5.74, 6) is 0.614. The van der Waals surface area contributed by atoms with Gasteiger partial charge in [0, 0.05) is 30.8 Å². The fourth-order valence-corrected chi connectivity index (χ4v) is 3.53. The molecule has 5 heteroatoms. The third-order valence-electron chi connectivity index (χ3n) is 3.43. The van der Waals surface area contributed by atoms with Crippen molar-refractivity contribution in [3.8, 4) is 0 Å². The molecule has 0 amide bonds. The fraction of sp³-hybridized carbons (Fsp3) is 0.500. The van der Waals surface area contributed by atoms with Crippen molar-refractivity contribution < 1.29 is 13.2 Å². The molecule has 104 valence electrons. The lowest BCUT2D eigenvalue weighted by molar-refractivity contribution is 0.0988. The summed E-state index contributed by atoms with van der Waals surface area (Å²) in [6.07, 6.45) is 1.17. The van der Waals surface area contributed by atoms with E-state index in [4.69, 9.17) is 0 Å². The van der Waals surface area contributed by atoms with Gasteiger partial charge in [0.25, 0.3) is 0 Å². The van der Waals surface area contributed by atoms with Gasteiger partial charge in [-0.15, -0.1) is 0 Å². The maximum atomic E-state index is 11.6. The summed E-state index contributed by atoms with van der Waals surface area (Å²) in [6.45, 7) is 3.12. The molecule has 0 spiro atoms. The second-order valence-electron chi connectivity index (χ2n) is 4.82. The first kappa shape index (κ1) is 14.1. The molecule has 0 radical (unpaired) electrons. The predicted molar refractivity (Wildman–Crippen MR) is 76.5 cm³/mol. The van der Waals surface area contributed by atoms with Gasteiger partial charge in [0.05, 0.1) is 11.5 Å². The van der Waals surface area contributed by atoms with Crippen LogP contribution in [0.1, 0.15) is 30.1 Å². The van der Waals surface area contributed by atoms with Crippen LogP contribution in [0.25, 0.3) is 0 Å². The smallest absolute Gasteiger partial charge is 0.162 e. The molecule has 19 heavy (non-hydrogen) atoms. The highest BCUT2D eigenvalue weighted by molar-refractivity contribution is 7.91. The topological polar surface area (TPSA) is 54.5 Å². The lowest BCUT2D eigenvalue weighted by Crippen LogP contribution is -2.26. The molecular formula is C14H19NO3S. The van der Waals surface area contributed by atoms with Crippen molar-refractivity contribution >= 4 is 21.3 Å². The van der Waals surface area contributed by atoms with Crippen LogP contribution < -0.4 is 4.90 Å². The van der Waals surface area contributed by atoms with Gasteiger partial charge in [-0.1, -0.05) is 6.92 Å². The third-order valence-corrected chi connectivity index (χ3v) is 5.15. The fourth-order valence-electron chi connectivity index (χ4n) is 2.26. The summed E-state index contributed by atoms with van der Waals surface area (Å²) in [5, 5.41) is 0. The predicted octanol–water partition coefficient (Wildman–Crippen LogP) is 1.90. The lowest BCUT2D eigenvalue weighted by atomic mass is 10.1. The molecule has 1 saturated heterocycles. The maximum absolute atomic E-state index is 11.6. The molecule has 1 heterocycles. The van der Waals surface area contributed by atoms with Crippen molar-refractivity contribution in [2.45, 2.75) is 19.8 Å². The molecule has 1 fully saturated rings. The van der Waals surface area contributed by atoms with Gasteiger partial charge in [-0.2, -0.15) is 0 Å². The Morgan fingerprint density at radius 3 is 2.47 bits per heavy atom. The molecule has 4 nitrogen and oxygen atoms in total. The van der Waals surface area contributed by atoms with Crippen molar-refractivity contribution in [2.24, 2.45) is 0 Å². The van der Waals surface area contributed by atoms with Gasteiger partial charge in [-0.3, -0.25) is 4.79 Å². The minimum atomic E-state index is -2.88.